The van der Waals surface area contributed by atoms with Gasteiger partial charge in [-0.3, -0.25) is 9.59 Å². The second-order valence-electron chi connectivity index (χ2n) is 6.77. The highest BCUT2D eigenvalue weighted by Gasteiger charge is 2.34. The van der Waals surface area contributed by atoms with Crippen LogP contribution in [0.4, 0.5) is 0 Å². The van der Waals surface area contributed by atoms with Gasteiger partial charge in [-0.2, -0.15) is 0 Å². The van der Waals surface area contributed by atoms with Crippen molar-refractivity contribution in [1.29, 1.82) is 0 Å². The van der Waals surface area contributed by atoms with Gasteiger partial charge in [0, 0.05) is 25.0 Å². The number of rotatable bonds is 6. The van der Waals surface area contributed by atoms with Gasteiger partial charge in [-0.05, 0) is 38.7 Å². The number of hydrogen-bond donors (Lipinski definition) is 1. The van der Waals surface area contributed by atoms with Crippen LogP contribution in [0.3, 0.4) is 0 Å². The summed E-state index contributed by atoms with van der Waals surface area (Å²) in [5.41, 5.74) is 0.615. The van der Waals surface area contributed by atoms with E-state index in [0.717, 1.165) is 25.7 Å². The fourth-order valence-electron chi connectivity index (χ4n) is 3.37. The summed E-state index contributed by atoms with van der Waals surface area (Å²) in [6, 6.07) is 2.34. The molecule has 1 aromatic rings. The molecule has 5 heteroatoms. The van der Waals surface area contributed by atoms with Crippen molar-refractivity contribution in [1.82, 2.24) is 10.2 Å². The van der Waals surface area contributed by atoms with Gasteiger partial charge in [0.2, 0.25) is 5.91 Å². The van der Waals surface area contributed by atoms with Crippen LogP contribution in [0.25, 0.3) is 0 Å². The number of aryl methyl sites for hydroxylation is 1. The van der Waals surface area contributed by atoms with Gasteiger partial charge >= 0.3 is 0 Å². The van der Waals surface area contributed by atoms with Crippen molar-refractivity contribution in [2.24, 2.45) is 0 Å². The van der Waals surface area contributed by atoms with Crippen LogP contribution < -0.4 is 5.32 Å². The Morgan fingerprint density at radius 2 is 1.96 bits per heavy atom. The molecule has 0 saturated heterocycles. The lowest BCUT2D eigenvalue weighted by Gasteiger charge is -2.25. The Balaban J connectivity index is 1.52. The van der Waals surface area contributed by atoms with Crippen molar-refractivity contribution in [3.8, 4) is 0 Å². The Kier molecular flexibility index (Phi) is 5.03. The third-order valence-corrected chi connectivity index (χ3v) is 4.89. The maximum Gasteiger partial charge on any atom is 0.257 e. The number of nitrogens with zero attached hydrogens (tertiary/aromatic N) is 1. The molecule has 3 rings (SSSR count). The van der Waals surface area contributed by atoms with Gasteiger partial charge in [0.25, 0.3) is 5.91 Å². The van der Waals surface area contributed by atoms with Crippen LogP contribution in [-0.4, -0.2) is 35.3 Å². The summed E-state index contributed by atoms with van der Waals surface area (Å²) >= 11 is 0. The highest BCUT2D eigenvalue weighted by atomic mass is 16.3. The average Bonchev–Trinajstić information content (AvgIpc) is 3.29. The van der Waals surface area contributed by atoms with E-state index >= 15 is 0 Å². The molecule has 2 aliphatic carbocycles. The van der Waals surface area contributed by atoms with Crippen LogP contribution in [0.2, 0.25) is 0 Å². The standard InChI is InChI=1S/C18H26N2O3/c1-13-16(10-12-23-13)18(22)20(15-7-8-15)11-9-17(21)19-14-5-3-2-4-6-14/h10,12,14-15H,2-9,11H2,1H3,(H,19,21). The van der Waals surface area contributed by atoms with Crippen molar-refractivity contribution < 1.29 is 14.0 Å². The molecule has 1 N–H and O–H groups in total. The maximum atomic E-state index is 12.6. The minimum absolute atomic E-state index is 0.00998. The van der Waals surface area contributed by atoms with E-state index in [0.29, 0.717) is 36.4 Å². The van der Waals surface area contributed by atoms with E-state index < -0.39 is 0 Å². The molecule has 2 saturated carbocycles. The minimum Gasteiger partial charge on any atom is -0.469 e. The molecule has 2 aliphatic rings. The molecule has 23 heavy (non-hydrogen) atoms. The van der Waals surface area contributed by atoms with Crippen molar-refractivity contribution in [2.45, 2.75) is 70.4 Å². The zero-order chi connectivity index (χ0) is 16.2. The molecule has 2 amide bonds. The molecule has 1 heterocycles. The second-order valence-corrected chi connectivity index (χ2v) is 6.77. The van der Waals surface area contributed by atoms with Crippen molar-refractivity contribution in [3.05, 3.63) is 23.7 Å². The number of furan rings is 1. The molecule has 0 spiro atoms. The maximum absolute atomic E-state index is 12.6. The van der Waals surface area contributed by atoms with Gasteiger partial charge in [0.15, 0.2) is 0 Å². The van der Waals surface area contributed by atoms with E-state index in [1.165, 1.54) is 19.3 Å². The van der Waals surface area contributed by atoms with Crippen LogP contribution in [0.1, 0.15) is 67.5 Å². The van der Waals surface area contributed by atoms with Crippen molar-refractivity contribution in [3.63, 3.8) is 0 Å². The lowest BCUT2D eigenvalue weighted by atomic mass is 9.95. The van der Waals surface area contributed by atoms with E-state index in [4.69, 9.17) is 4.42 Å². The summed E-state index contributed by atoms with van der Waals surface area (Å²) in [7, 11) is 0. The second kappa shape index (κ2) is 7.20. The van der Waals surface area contributed by atoms with E-state index in [-0.39, 0.29) is 11.8 Å². The summed E-state index contributed by atoms with van der Waals surface area (Å²) < 4.78 is 5.24. The molecule has 0 radical (unpaired) electrons. The SMILES string of the molecule is Cc1occc1C(=O)N(CCC(=O)NC1CCCCC1)C1CC1. The summed E-state index contributed by atoms with van der Waals surface area (Å²) in [6.45, 7) is 2.29. The number of nitrogens with one attached hydrogen (secondary N) is 1. The fraction of sp³-hybridized carbons (Fsp3) is 0.667. The molecular formula is C18H26N2O3. The van der Waals surface area contributed by atoms with Gasteiger partial charge in [0.1, 0.15) is 5.76 Å². The Morgan fingerprint density at radius 3 is 2.57 bits per heavy atom. The lowest BCUT2D eigenvalue weighted by Crippen LogP contribution is -2.40. The fourth-order valence-corrected chi connectivity index (χ4v) is 3.37. The zero-order valence-corrected chi connectivity index (χ0v) is 13.8. The van der Waals surface area contributed by atoms with Gasteiger partial charge < -0.3 is 14.6 Å². The number of carbonyl (C=O) groups is 2. The summed E-state index contributed by atoms with van der Waals surface area (Å²) in [6.07, 6.45) is 9.87. The minimum atomic E-state index is -0.00998. The van der Waals surface area contributed by atoms with Gasteiger partial charge in [-0.25, -0.2) is 0 Å². The predicted octanol–water partition coefficient (Wildman–Crippen LogP) is 3.03. The quantitative estimate of drug-likeness (QED) is 0.877. The first-order valence-corrected chi connectivity index (χ1v) is 8.79. The zero-order valence-electron chi connectivity index (χ0n) is 13.8. The molecular weight excluding hydrogens is 292 g/mol. The first-order valence-electron chi connectivity index (χ1n) is 8.79. The summed E-state index contributed by atoms with van der Waals surface area (Å²) in [4.78, 5) is 26.7. The summed E-state index contributed by atoms with van der Waals surface area (Å²) in [5, 5.41) is 3.12. The predicted molar refractivity (Wildman–Crippen MR) is 87.1 cm³/mol. The van der Waals surface area contributed by atoms with E-state index in [1.54, 1.807) is 19.3 Å². The number of carbonyl (C=O) groups excluding carboxylic acids is 2. The van der Waals surface area contributed by atoms with E-state index in [2.05, 4.69) is 5.32 Å². The van der Waals surface area contributed by atoms with Crippen LogP contribution in [0.15, 0.2) is 16.7 Å². The molecule has 0 aromatic carbocycles. The molecule has 0 aliphatic heterocycles. The van der Waals surface area contributed by atoms with E-state index in [1.807, 2.05) is 4.90 Å². The number of amides is 2. The lowest BCUT2D eigenvalue weighted by molar-refractivity contribution is -0.122. The topological polar surface area (TPSA) is 62.6 Å². The van der Waals surface area contributed by atoms with Crippen LogP contribution >= 0.6 is 0 Å². The largest absolute Gasteiger partial charge is 0.469 e. The molecule has 0 bridgehead atoms. The van der Waals surface area contributed by atoms with Gasteiger partial charge in [-0.1, -0.05) is 19.3 Å². The first-order chi connectivity index (χ1) is 11.1. The van der Waals surface area contributed by atoms with Crippen LogP contribution in [0.5, 0.6) is 0 Å². The van der Waals surface area contributed by atoms with Crippen LogP contribution in [-0.2, 0) is 4.79 Å². The third kappa shape index (κ3) is 4.15. The average molecular weight is 318 g/mol. The molecule has 0 unspecified atom stereocenters. The molecule has 5 nitrogen and oxygen atoms in total. The number of hydrogen-bond acceptors (Lipinski definition) is 3. The molecule has 2 fully saturated rings. The Hall–Kier alpha value is -1.78. The molecule has 126 valence electrons. The monoisotopic (exact) mass is 318 g/mol. The highest BCUT2D eigenvalue weighted by Crippen LogP contribution is 2.29. The Morgan fingerprint density at radius 1 is 1.22 bits per heavy atom. The normalized spacial score (nSPS) is 18.7. The Bertz CT molecular complexity index is 556. The van der Waals surface area contributed by atoms with Crippen molar-refractivity contribution in [2.75, 3.05) is 6.54 Å². The smallest absolute Gasteiger partial charge is 0.257 e. The van der Waals surface area contributed by atoms with Crippen molar-refractivity contribution >= 4 is 11.8 Å². The molecule has 0 atom stereocenters. The van der Waals surface area contributed by atoms with Crippen LogP contribution in [0, 0.1) is 6.92 Å². The van der Waals surface area contributed by atoms with E-state index in [9.17, 15) is 9.59 Å². The first kappa shape index (κ1) is 16.1. The Labute approximate surface area is 137 Å². The van der Waals surface area contributed by atoms with Gasteiger partial charge in [-0.15, -0.1) is 0 Å². The third-order valence-electron chi connectivity index (χ3n) is 4.89. The highest BCUT2D eigenvalue weighted by molar-refractivity contribution is 5.95. The molecule has 1 aromatic heterocycles. The summed E-state index contributed by atoms with van der Waals surface area (Å²) in [5.74, 6) is 0.704. The van der Waals surface area contributed by atoms with Gasteiger partial charge in [0.05, 0.1) is 11.8 Å².